The van der Waals surface area contributed by atoms with Crippen molar-refractivity contribution in [3.05, 3.63) is 175 Å². The van der Waals surface area contributed by atoms with Gasteiger partial charge < -0.3 is 23.2 Å². The number of hydrogen-bond donors (Lipinski definition) is 0. The number of benzene rings is 9. The topological polar surface area (TPSA) is 37.7 Å². The van der Waals surface area contributed by atoms with Gasteiger partial charge in [0, 0.05) is 95.3 Å². The third kappa shape index (κ3) is 4.78. The molecule has 16 rings (SSSR count). The summed E-state index contributed by atoms with van der Waals surface area (Å²) in [5.41, 5.74) is 25.0. The standard InChI is InChI=1S/C62H45B2N3O2/c1-61(2,3)34-25-42-43-26-35(62(4,5)6)28-47-59(43)67-58(42)46(27-34)63-44-29-40-38-21-13-15-23-52(38)68-54(40)32-48(44)65(36-17-9-7-10-18-36)50-31-51-57(60(67)56(50)63)64(47)45-30-41-39-22-14-16-24-53(39)69-55(41)33-49(45)66(51)37-19-11-8-12-20-37/h7-33H,1-6H3. The van der Waals surface area contributed by atoms with E-state index in [9.17, 15) is 0 Å². The molecular formula is C62H45B2N3O2. The molecule has 0 spiro atoms. The van der Waals surface area contributed by atoms with Crippen LogP contribution in [0.15, 0.2) is 173 Å². The van der Waals surface area contributed by atoms with Gasteiger partial charge in [0.2, 0.25) is 0 Å². The van der Waals surface area contributed by atoms with E-state index in [4.69, 9.17) is 8.83 Å². The van der Waals surface area contributed by atoms with Gasteiger partial charge in [-0.2, -0.15) is 0 Å². The third-order valence-corrected chi connectivity index (χ3v) is 16.2. The molecule has 9 aromatic carbocycles. The van der Waals surface area contributed by atoms with Crippen molar-refractivity contribution in [3.63, 3.8) is 0 Å². The quantitative estimate of drug-likeness (QED) is 0.162. The summed E-state index contributed by atoms with van der Waals surface area (Å²) in [6.45, 7) is 14.1. The van der Waals surface area contributed by atoms with Crippen molar-refractivity contribution in [2.24, 2.45) is 0 Å². The SMILES string of the molecule is CC(C)(C)c1cc2c3c(c1)c1cc(C(C)(C)C)cc4c1n3-c1c3c(cc5c1B4c1cc4c(cc1N5c1ccccc1)oc1ccccc14)N(c1ccccc1)c1cc4oc5ccccc5c4cc1B32. The zero-order valence-electron chi connectivity index (χ0n) is 39.4. The lowest BCUT2D eigenvalue weighted by Crippen LogP contribution is -2.67. The molecule has 0 N–H and O–H groups in total. The van der Waals surface area contributed by atoms with E-state index in [1.165, 1.54) is 82.8 Å². The van der Waals surface area contributed by atoms with E-state index in [2.05, 4.69) is 220 Å². The maximum Gasteiger partial charge on any atom is 0.252 e. The summed E-state index contributed by atoms with van der Waals surface area (Å²) in [6, 6.07) is 61.4. The molecule has 0 bridgehead atoms. The van der Waals surface area contributed by atoms with Crippen LogP contribution in [0.3, 0.4) is 0 Å². The van der Waals surface area contributed by atoms with E-state index in [0.717, 1.165) is 66.6 Å². The Kier molecular flexibility index (Phi) is 6.96. The first-order valence-electron chi connectivity index (χ1n) is 24.5. The molecule has 5 nitrogen and oxygen atoms in total. The lowest BCUT2D eigenvalue weighted by molar-refractivity contribution is 0.591. The lowest BCUT2D eigenvalue weighted by atomic mass is 9.29. The van der Waals surface area contributed by atoms with Crippen LogP contribution in [0.25, 0.3) is 71.4 Å². The van der Waals surface area contributed by atoms with Crippen LogP contribution in [0.5, 0.6) is 0 Å². The Hall–Kier alpha value is -7.89. The van der Waals surface area contributed by atoms with Gasteiger partial charge in [0.25, 0.3) is 13.4 Å². The second kappa shape index (κ2) is 12.6. The normalized spacial score (nSPS) is 14.4. The molecule has 0 atom stereocenters. The van der Waals surface area contributed by atoms with E-state index in [1.807, 2.05) is 0 Å². The van der Waals surface area contributed by atoms with Crippen molar-refractivity contribution in [2.75, 3.05) is 9.80 Å². The van der Waals surface area contributed by atoms with Gasteiger partial charge in [-0.25, -0.2) is 0 Å². The molecule has 0 saturated heterocycles. The van der Waals surface area contributed by atoms with Gasteiger partial charge in [0.1, 0.15) is 22.3 Å². The largest absolute Gasteiger partial charge is 0.456 e. The van der Waals surface area contributed by atoms with Gasteiger partial charge >= 0.3 is 0 Å². The van der Waals surface area contributed by atoms with E-state index < -0.39 is 0 Å². The maximum atomic E-state index is 6.77. The fourth-order valence-corrected chi connectivity index (χ4v) is 13.0. The number of nitrogens with zero attached hydrogens (tertiary/aromatic N) is 3. The molecule has 0 saturated carbocycles. The first kappa shape index (κ1) is 38.1. The molecule has 0 aliphatic carbocycles. The zero-order valence-corrected chi connectivity index (χ0v) is 39.4. The number of para-hydroxylation sites is 4. The molecule has 69 heavy (non-hydrogen) atoms. The Bertz CT molecular complexity index is 4030. The van der Waals surface area contributed by atoms with Crippen LogP contribution in [0.1, 0.15) is 52.7 Å². The van der Waals surface area contributed by atoms with Crippen LogP contribution in [-0.2, 0) is 10.8 Å². The zero-order chi connectivity index (χ0) is 46.0. The van der Waals surface area contributed by atoms with Crippen molar-refractivity contribution in [1.29, 1.82) is 0 Å². The number of anilines is 6. The van der Waals surface area contributed by atoms with E-state index >= 15 is 0 Å². The van der Waals surface area contributed by atoms with Crippen LogP contribution in [0.2, 0.25) is 0 Å². The number of fused-ring (bicyclic) bond motifs is 13. The summed E-state index contributed by atoms with van der Waals surface area (Å²) >= 11 is 0. The monoisotopic (exact) mass is 885 g/mol. The Morgan fingerprint density at radius 3 is 1.22 bits per heavy atom. The van der Waals surface area contributed by atoms with Crippen molar-refractivity contribution < 1.29 is 8.83 Å². The number of rotatable bonds is 2. The average Bonchev–Trinajstić information content (AvgIpc) is 4.02. The Morgan fingerprint density at radius 2 is 0.783 bits per heavy atom. The highest BCUT2D eigenvalue weighted by atomic mass is 16.3. The average molecular weight is 886 g/mol. The number of furan rings is 2. The van der Waals surface area contributed by atoms with Crippen LogP contribution in [0.4, 0.5) is 34.1 Å². The fraction of sp³-hybridized carbons (Fsp3) is 0.129. The molecule has 4 aliphatic heterocycles. The lowest BCUT2D eigenvalue weighted by Gasteiger charge is -2.47. The summed E-state index contributed by atoms with van der Waals surface area (Å²) in [7, 11) is 0. The van der Waals surface area contributed by atoms with Gasteiger partial charge in [0.05, 0.1) is 0 Å². The van der Waals surface area contributed by atoms with Gasteiger partial charge in [-0.05, 0) is 109 Å². The number of aromatic nitrogens is 1. The fourth-order valence-electron chi connectivity index (χ4n) is 13.0. The highest BCUT2D eigenvalue weighted by Crippen LogP contribution is 2.50. The van der Waals surface area contributed by atoms with Crippen LogP contribution in [0, 0.1) is 0 Å². The van der Waals surface area contributed by atoms with Gasteiger partial charge in [-0.3, -0.25) is 0 Å². The predicted molar refractivity (Wildman–Crippen MR) is 291 cm³/mol. The van der Waals surface area contributed by atoms with Crippen LogP contribution >= 0.6 is 0 Å². The minimum absolute atomic E-state index is 0.0638. The van der Waals surface area contributed by atoms with Crippen molar-refractivity contribution in [3.8, 4) is 5.69 Å². The molecule has 0 radical (unpaired) electrons. The molecule has 0 unspecified atom stereocenters. The van der Waals surface area contributed by atoms with Crippen molar-refractivity contribution >= 4 is 146 Å². The molecule has 0 fully saturated rings. The molecule has 12 aromatic rings. The molecule has 3 aromatic heterocycles. The smallest absolute Gasteiger partial charge is 0.252 e. The molecule has 7 heterocycles. The first-order chi connectivity index (χ1) is 33.5. The van der Waals surface area contributed by atoms with Crippen molar-refractivity contribution in [1.82, 2.24) is 4.57 Å². The Labute approximate surface area is 400 Å². The first-order valence-corrected chi connectivity index (χ1v) is 24.5. The molecular weight excluding hydrogens is 840 g/mol. The minimum atomic E-state index is -0.0977. The van der Waals surface area contributed by atoms with Gasteiger partial charge in [-0.15, -0.1) is 0 Å². The highest BCUT2D eigenvalue weighted by molar-refractivity contribution is 7.04. The van der Waals surface area contributed by atoms with E-state index in [0.29, 0.717) is 0 Å². The summed E-state index contributed by atoms with van der Waals surface area (Å²) in [5, 5.41) is 7.26. The Morgan fingerprint density at radius 1 is 0.362 bits per heavy atom. The van der Waals surface area contributed by atoms with E-state index in [-0.39, 0.29) is 24.3 Å². The molecule has 7 heteroatoms. The number of hydrogen-bond acceptors (Lipinski definition) is 4. The minimum Gasteiger partial charge on any atom is -0.456 e. The third-order valence-electron chi connectivity index (χ3n) is 16.2. The van der Waals surface area contributed by atoms with E-state index in [1.54, 1.807) is 0 Å². The van der Waals surface area contributed by atoms with Crippen molar-refractivity contribution in [2.45, 2.75) is 52.4 Å². The van der Waals surface area contributed by atoms with Gasteiger partial charge in [0.15, 0.2) is 0 Å². The Balaban J connectivity index is 1.16. The second-order valence-electron chi connectivity index (χ2n) is 22.1. The summed E-state index contributed by atoms with van der Waals surface area (Å²) in [6.07, 6.45) is 0. The van der Waals surface area contributed by atoms with Crippen LogP contribution in [-0.4, -0.2) is 18.0 Å². The molecule has 326 valence electrons. The highest BCUT2D eigenvalue weighted by Gasteiger charge is 2.51. The summed E-state index contributed by atoms with van der Waals surface area (Å²) in [5.74, 6) is 0. The molecule has 0 amide bonds. The predicted octanol–water partition coefficient (Wildman–Crippen LogP) is 12.4. The summed E-state index contributed by atoms with van der Waals surface area (Å²) < 4.78 is 16.3. The van der Waals surface area contributed by atoms with Crippen LogP contribution < -0.4 is 42.6 Å². The molecule has 4 aliphatic rings. The van der Waals surface area contributed by atoms with Gasteiger partial charge in [-0.1, -0.05) is 139 Å². The maximum absolute atomic E-state index is 6.77. The second-order valence-corrected chi connectivity index (χ2v) is 22.1. The summed E-state index contributed by atoms with van der Waals surface area (Å²) in [4.78, 5) is 5.07.